The molecule has 0 spiro atoms. The zero-order valence-electron chi connectivity index (χ0n) is 14.2. The van der Waals surface area contributed by atoms with Crippen LogP contribution in [-0.2, 0) is 6.54 Å². The Kier molecular flexibility index (Phi) is 7.12. The zero-order valence-corrected chi connectivity index (χ0v) is 14.2. The van der Waals surface area contributed by atoms with Gasteiger partial charge in [-0.15, -0.1) is 0 Å². The van der Waals surface area contributed by atoms with E-state index < -0.39 is 0 Å². The van der Waals surface area contributed by atoms with Crippen LogP contribution in [-0.4, -0.2) is 74.8 Å². The van der Waals surface area contributed by atoms with Crippen LogP contribution in [0.15, 0.2) is 24.3 Å². The first-order chi connectivity index (χ1) is 10.7. The third kappa shape index (κ3) is 5.93. The number of nitrogens with zero attached hydrogens (tertiary/aromatic N) is 3. The van der Waals surface area contributed by atoms with E-state index in [1.54, 1.807) is 0 Å². The van der Waals surface area contributed by atoms with Gasteiger partial charge < -0.3 is 9.64 Å². The molecule has 0 radical (unpaired) electrons. The molecular weight excluding hydrogens is 276 g/mol. The van der Waals surface area contributed by atoms with Crippen molar-refractivity contribution in [1.29, 1.82) is 0 Å². The number of likely N-dealkylation sites (N-methyl/N-ethyl adjacent to an activating group) is 1. The molecule has 0 amide bonds. The van der Waals surface area contributed by atoms with Gasteiger partial charge in [0.15, 0.2) is 0 Å². The van der Waals surface area contributed by atoms with Crippen LogP contribution in [0.5, 0.6) is 5.75 Å². The van der Waals surface area contributed by atoms with Gasteiger partial charge in [-0.05, 0) is 24.2 Å². The van der Waals surface area contributed by atoms with Gasteiger partial charge in [-0.25, -0.2) is 0 Å². The summed E-state index contributed by atoms with van der Waals surface area (Å²) < 4.78 is 5.86. The van der Waals surface area contributed by atoms with E-state index in [1.807, 2.05) is 19.1 Å². The van der Waals surface area contributed by atoms with Crippen molar-refractivity contribution < 1.29 is 4.74 Å². The van der Waals surface area contributed by atoms with Crippen molar-refractivity contribution in [3.63, 3.8) is 0 Å². The second-order valence-electron chi connectivity index (χ2n) is 6.00. The average Bonchev–Trinajstić information content (AvgIpc) is 2.55. The molecular formula is C17H30N4O. The standard InChI is InChI=1S/C17H30N4O/c1-4-20-9-11-21(12-10-20)13-14-22-17-7-5-16(6-8-17)15-18-19(2)3/h5-8,18H,4,9-15H2,1-3H3. The van der Waals surface area contributed by atoms with Crippen LogP contribution in [0, 0.1) is 0 Å². The van der Waals surface area contributed by atoms with Gasteiger partial charge >= 0.3 is 0 Å². The first-order valence-electron chi connectivity index (χ1n) is 8.24. The number of hydrogen-bond acceptors (Lipinski definition) is 5. The molecule has 0 aliphatic carbocycles. The van der Waals surface area contributed by atoms with Gasteiger partial charge in [0, 0.05) is 53.4 Å². The Hall–Kier alpha value is -1.14. The summed E-state index contributed by atoms with van der Waals surface area (Å²) in [6.07, 6.45) is 0. The van der Waals surface area contributed by atoms with Crippen molar-refractivity contribution in [2.75, 3.05) is 60.0 Å². The maximum Gasteiger partial charge on any atom is 0.119 e. The topological polar surface area (TPSA) is 31.0 Å². The first-order valence-corrected chi connectivity index (χ1v) is 8.24. The fourth-order valence-electron chi connectivity index (χ4n) is 2.57. The molecule has 0 unspecified atom stereocenters. The molecule has 0 saturated carbocycles. The van der Waals surface area contributed by atoms with Crippen molar-refractivity contribution in [2.45, 2.75) is 13.5 Å². The molecule has 5 nitrogen and oxygen atoms in total. The third-order valence-electron chi connectivity index (χ3n) is 4.11. The van der Waals surface area contributed by atoms with Crippen molar-refractivity contribution in [2.24, 2.45) is 0 Å². The molecule has 1 fully saturated rings. The molecule has 5 heteroatoms. The smallest absolute Gasteiger partial charge is 0.119 e. The Morgan fingerprint density at radius 1 is 1.05 bits per heavy atom. The Morgan fingerprint density at radius 3 is 2.27 bits per heavy atom. The highest BCUT2D eigenvalue weighted by Gasteiger charge is 2.14. The highest BCUT2D eigenvalue weighted by molar-refractivity contribution is 5.27. The normalized spacial score (nSPS) is 17.1. The second-order valence-corrected chi connectivity index (χ2v) is 6.00. The van der Waals surface area contributed by atoms with E-state index in [4.69, 9.17) is 4.74 Å². The summed E-state index contributed by atoms with van der Waals surface area (Å²) in [4.78, 5) is 4.99. The molecule has 2 rings (SSSR count). The number of hydrogen-bond donors (Lipinski definition) is 1. The van der Waals surface area contributed by atoms with E-state index in [0.29, 0.717) is 0 Å². The summed E-state index contributed by atoms with van der Waals surface area (Å²) in [5.74, 6) is 0.959. The third-order valence-corrected chi connectivity index (χ3v) is 4.11. The van der Waals surface area contributed by atoms with E-state index in [0.717, 1.165) is 38.5 Å². The molecule has 1 aromatic carbocycles. The van der Waals surface area contributed by atoms with Gasteiger partial charge in [-0.3, -0.25) is 15.3 Å². The summed E-state index contributed by atoms with van der Waals surface area (Å²) in [5, 5.41) is 1.96. The average molecular weight is 306 g/mol. The van der Waals surface area contributed by atoms with Crippen LogP contribution in [0.1, 0.15) is 12.5 Å². The van der Waals surface area contributed by atoms with Crippen LogP contribution in [0.2, 0.25) is 0 Å². The number of piperazine rings is 1. The van der Waals surface area contributed by atoms with Gasteiger partial charge in [0.1, 0.15) is 12.4 Å². The first kappa shape index (κ1) is 17.2. The van der Waals surface area contributed by atoms with Crippen molar-refractivity contribution >= 4 is 0 Å². The molecule has 1 heterocycles. The van der Waals surface area contributed by atoms with Crippen molar-refractivity contribution in [3.05, 3.63) is 29.8 Å². The summed E-state index contributed by atoms with van der Waals surface area (Å²) in [7, 11) is 4.00. The molecule has 124 valence electrons. The zero-order chi connectivity index (χ0) is 15.8. The highest BCUT2D eigenvalue weighted by atomic mass is 16.5. The molecule has 22 heavy (non-hydrogen) atoms. The molecule has 1 aliphatic heterocycles. The van der Waals surface area contributed by atoms with Gasteiger partial charge in [0.05, 0.1) is 0 Å². The lowest BCUT2D eigenvalue weighted by atomic mass is 10.2. The Bertz CT molecular complexity index is 413. The fourth-order valence-corrected chi connectivity index (χ4v) is 2.57. The quantitative estimate of drug-likeness (QED) is 0.731. The summed E-state index contributed by atoms with van der Waals surface area (Å²) >= 11 is 0. The van der Waals surface area contributed by atoms with E-state index in [2.05, 4.69) is 46.4 Å². The maximum absolute atomic E-state index is 5.86. The van der Waals surface area contributed by atoms with Crippen LogP contribution in [0.25, 0.3) is 0 Å². The lowest BCUT2D eigenvalue weighted by molar-refractivity contribution is 0.121. The minimum Gasteiger partial charge on any atom is -0.492 e. The molecule has 0 aromatic heterocycles. The fraction of sp³-hybridized carbons (Fsp3) is 0.647. The lowest BCUT2D eigenvalue weighted by Crippen LogP contribution is -2.47. The monoisotopic (exact) mass is 306 g/mol. The van der Waals surface area contributed by atoms with Crippen molar-refractivity contribution in [3.8, 4) is 5.75 Å². The van der Waals surface area contributed by atoms with Crippen LogP contribution >= 0.6 is 0 Å². The molecule has 1 N–H and O–H groups in total. The predicted molar refractivity (Wildman–Crippen MR) is 91.0 cm³/mol. The number of hydrazine groups is 1. The van der Waals surface area contributed by atoms with Crippen LogP contribution in [0.3, 0.4) is 0 Å². The van der Waals surface area contributed by atoms with E-state index >= 15 is 0 Å². The van der Waals surface area contributed by atoms with E-state index in [9.17, 15) is 0 Å². The predicted octanol–water partition coefficient (Wildman–Crippen LogP) is 1.27. The summed E-state index contributed by atoms with van der Waals surface area (Å²) in [6, 6.07) is 8.35. The summed E-state index contributed by atoms with van der Waals surface area (Å²) in [5.41, 5.74) is 4.52. The van der Waals surface area contributed by atoms with Gasteiger partial charge in [0.25, 0.3) is 0 Å². The molecule has 0 bridgehead atoms. The van der Waals surface area contributed by atoms with Gasteiger partial charge in [-0.2, -0.15) is 0 Å². The number of nitrogens with one attached hydrogen (secondary N) is 1. The Morgan fingerprint density at radius 2 is 1.68 bits per heavy atom. The second kappa shape index (κ2) is 9.10. The minimum atomic E-state index is 0.765. The molecule has 1 aliphatic rings. The van der Waals surface area contributed by atoms with Gasteiger partial charge in [0.2, 0.25) is 0 Å². The van der Waals surface area contributed by atoms with E-state index in [1.165, 1.54) is 25.2 Å². The lowest BCUT2D eigenvalue weighted by Gasteiger charge is -2.33. The van der Waals surface area contributed by atoms with Crippen molar-refractivity contribution in [1.82, 2.24) is 20.2 Å². The minimum absolute atomic E-state index is 0.765. The van der Waals surface area contributed by atoms with Gasteiger partial charge in [-0.1, -0.05) is 19.1 Å². The molecule has 0 atom stereocenters. The van der Waals surface area contributed by atoms with Crippen LogP contribution < -0.4 is 10.2 Å². The number of benzene rings is 1. The molecule has 1 saturated heterocycles. The van der Waals surface area contributed by atoms with Crippen LogP contribution in [0.4, 0.5) is 0 Å². The summed E-state index contributed by atoms with van der Waals surface area (Å²) in [6.45, 7) is 10.7. The maximum atomic E-state index is 5.86. The highest BCUT2D eigenvalue weighted by Crippen LogP contribution is 2.12. The van der Waals surface area contributed by atoms with E-state index in [-0.39, 0.29) is 0 Å². The SMILES string of the molecule is CCN1CCN(CCOc2ccc(CNN(C)C)cc2)CC1. The number of rotatable bonds is 8. The Balaban J connectivity index is 1.65. The molecule has 1 aromatic rings. The Labute approximate surface area is 134 Å². The number of ether oxygens (including phenoxy) is 1. The largest absolute Gasteiger partial charge is 0.492 e.